The summed E-state index contributed by atoms with van der Waals surface area (Å²) >= 11 is 7.29. The number of imide groups is 1. The summed E-state index contributed by atoms with van der Waals surface area (Å²) in [6, 6.07) is -0.622. The number of nitrogens with zero attached hydrogens (tertiary/aromatic N) is 1. The molecule has 7 heteroatoms. The fraction of sp³-hybridized carbons (Fsp3) is 0.417. The first-order valence-electron chi connectivity index (χ1n) is 5.84. The van der Waals surface area contributed by atoms with Crippen molar-refractivity contribution in [2.24, 2.45) is 0 Å². The number of halogens is 1. The molecule has 0 radical (unpaired) electrons. The summed E-state index contributed by atoms with van der Waals surface area (Å²) in [5.41, 5.74) is 0.816. The third-order valence-electron chi connectivity index (χ3n) is 3.00. The van der Waals surface area contributed by atoms with Crippen molar-refractivity contribution in [1.29, 1.82) is 0 Å². The molecule has 1 atom stereocenters. The van der Waals surface area contributed by atoms with E-state index in [1.807, 2.05) is 0 Å². The highest BCUT2D eigenvalue weighted by Crippen LogP contribution is 2.29. The summed E-state index contributed by atoms with van der Waals surface area (Å²) < 4.78 is 0. The molecule has 1 N–H and O–H groups in total. The van der Waals surface area contributed by atoms with Crippen LogP contribution in [0.25, 0.3) is 0 Å². The molecular formula is C12H13ClN2O3S. The van der Waals surface area contributed by atoms with Gasteiger partial charge in [0.15, 0.2) is 0 Å². The molecule has 1 aromatic rings. The van der Waals surface area contributed by atoms with Crippen molar-refractivity contribution in [2.75, 3.05) is 6.54 Å². The van der Waals surface area contributed by atoms with Crippen LogP contribution >= 0.6 is 22.9 Å². The number of piperazine rings is 1. The predicted octanol–water partition coefficient (Wildman–Crippen LogP) is 1.59. The van der Waals surface area contributed by atoms with Crippen molar-refractivity contribution in [2.45, 2.75) is 26.3 Å². The minimum absolute atomic E-state index is 0.115. The van der Waals surface area contributed by atoms with E-state index < -0.39 is 17.9 Å². The van der Waals surface area contributed by atoms with Crippen LogP contribution in [0.4, 0.5) is 0 Å². The molecule has 2 rings (SSSR count). The maximum atomic E-state index is 12.4. The topological polar surface area (TPSA) is 66.5 Å². The molecule has 0 aliphatic carbocycles. The highest BCUT2D eigenvalue weighted by Gasteiger charge is 2.37. The molecule has 0 saturated carbocycles. The third-order valence-corrected chi connectivity index (χ3v) is 4.68. The molecule has 1 saturated heterocycles. The smallest absolute Gasteiger partial charge is 0.266 e. The average Bonchev–Trinajstić information content (AvgIpc) is 2.68. The molecule has 19 heavy (non-hydrogen) atoms. The molecule has 1 aliphatic heterocycles. The zero-order chi connectivity index (χ0) is 14.2. The van der Waals surface area contributed by atoms with Gasteiger partial charge in [0.05, 0.1) is 5.02 Å². The molecule has 3 amide bonds. The van der Waals surface area contributed by atoms with E-state index in [4.69, 9.17) is 11.6 Å². The molecule has 5 nitrogen and oxygen atoms in total. The molecule has 1 unspecified atom stereocenters. The Bertz CT molecular complexity index is 555. The van der Waals surface area contributed by atoms with Gasteiger partial charge in [-0.05, 0) is 24.3 Å². The second-order valence-corrected chi connectivity index (χ2v) is 5.59. The highest BCUT2D eigenvalue weighted by molar-refractivity contribution is 7.13. The van der Waals surface area contributed by atoms with Crippen LogP contribution in [0.15, 0.2) is 5.38 Å². The Morgan fingerprint density at radius 1 is 1.58 bits per heavy atom. The number of carbonyl (C=O) groups is 3. The van der Waals surface area contributed by atoms with Gasteiger partial charge in [0.1, 0.15) is 17.5 Å². The Morgan fingerprint density at radius 3 is 2.79 bits per heavy atom. The SMILES string of the molecule is CCC1C(=O)NC(=O)CN1C(=O)c1scc(C)c1Cl. The Kier molecular flexibility index (Phi) is 3.91. The van der Waals surface area contributed by atoms with Gasteiger partial charge in [0.2, 0.25) is 11.8 Å². The molecule has 102 valence electrons. The van der Waals surface area contributed by atoms with Crippen LogP contribution in [0.2, 0.25) is 5.02 Å². The Hall–Kier alpha value is -1.40. The number of hydrogen-bond acceptors (Lipinski definition) is 4. The molecule has 0 aromatic carbocycles. The van der Waals surface area contributed by atoms with E-state index in [1.165, 1.54) is 16.2 Å². The second-order valence-electron chi connectivity index (χ2n) is 4.33. The van der Waals surface area contributed by atoms with Gasteiger partial charge in [-0.3, -0.25) is 19.7 Å². The van der Waals surface area contributed by atoms with Crippen molar-refractivity contribution < 1.29 is 14.4 Å². The molecule has 2 heterocycles. The first kappa shape index (κ1) is 14.0. The number of aryl methyl sites for hydroxylation is 1. The Balaban J connectivity index is 2.33. The van der Waals surface area contributed by atoms with Gasteiger partial charge in [-0.25, -0.2) is 0 Å². The minimum Gasteiger partial charge on any atom is -0.317 e. The van der Waals surface area contributed by atoms with Gasteiger partial charge in [0.25, 0.3) is 5.91 Å². The summed E-state index contributed by atoms with van der Waals surface area (Å²) in [6.45, 7) is 3.49. The Labute approximate surface area is 119 Å². The van der Waals surface area contributed by atoms with E-state index in [0.717, 1.165) is 5.56 Å². The summed E-state index contributed by atoms with van der Waals surface area (Å²) in [4.78, 5) is 37.2. The van der Waals surface area contributed by atoms with Crippen molar-refractivity contribution in [3.05, 3.63) is 20.8 Å². The van der Waals surface area contributed by atoms with E-state index >= 15 is 0 Å². The largest absolute Gasteiger partial charge is 0.317 e. The van der Waals surface area contributed by atoms with Gasteiger partial charge in [-0.1, -0.05) is 18.5 Å². The molecule has 1 aliphatic rings. The lowest BCUT2D eigenvalue weighted by Crippen LogP contribution is -2.59. The van der Waals surface area contributed by atoms with Gasteiger partial charge in [-0.15, -0.1) is 11.3 Å². The number of nitrogens with one attached hydrogen (secondary N) is 1. The highest BCUT2D eigenvalue weighted by atomic mass is 35.5. The standard InChI is InChI=1S/C12H13ClN2O3S/c1-3-7-11(17)14-8(16)4-15(7)12(18)10-9(13)6(2)5-19-10/h5,7H,3-4H2,1-2H3,(H,14,16,17). The number of rotatable bonds is 2. The van der Waals surface area contributed by atoms with Crippen LogP contribution in [-0.4, -0.2) is 35.2 Å². The van der Waals surface area contributed by atoms with Crippen molar-refractivity contribution in [3.63, 3.8) is 0 Å². The van der Waals surface area contributed by atoms with Gasteiger partial charge < -0.3 is 4.90 Å². The quantitative estimate of drug-likeness (QED) is 0.844. The zero-order valence-corrected chi connectivity index (χ0v) is 12.1. The second kappa shape index (κ2) is 5.30. The zero-order valence-electron chi connectivity index (χ0n) is 10.5. The minimum atomic E-state index is -0.622. The lowest BCUT2D eigenvalue weighted by atomic mass is 10.1. The van der Waals surface area contributed by atoms with Crippen LogP contribution in [0.5, 0.6) is 0 Å². The molecule has 0 bridgehead atoms. The molecular weight excluding hydrogens is 288 g/mol. The van der Waals surface area contributed by atoms with Gasteiger partial charge in [-0.2, -0.15) is 0 Å². The number of amides is 3. The number of carbonyl (C=O) groups excluding carboxylic acids is 3. The summed E-state index contributed by atoms with van der Waals surface area (Å²) in [5, 5.41) is 4.41. The summed E-state index contributed by atoms with van der Waals surface area (Å²) in [7, 11) is 0. The first-order valence-corrected chi connectivity index (χ1v) is 7.09. The number of hydrogen-bond donors (Lipinski definition) is 1. The molecule has 1 aromatic heterocycles. The molecule has 1 fully saturated rings. The van der Waals surface area contributed by atoms with Crippen LogP contribution in [0, 0.1) is 6.92 Å². The Morgan fingerprint density at radius 2 is 2.26 bits per heavy atom. The van der Waals surface area contributed by atoms with Crippen LogP contribution < -0.4 is 5.32 Å². The summed E-state index contributed by atoms with van der Waals surface area (Å²) in [6.07, 6.45) is 0.451. The normalized spacial score (nSPS) is 19.5. The van der Waals surface area contributed by atoms with E-state index in [2.05, 4.69) is 5.32 Å². The monoisotopic (exact) mass is 300 g/mol. The lowest BCUT2D eigenvalue weighted by molar-refractivity contribution is -0.138. The van der Waals surface area contributed by atoms with Crippen molar-refractivity contribution in [1.82, 2.24) is 10.2 Å². The van der Waals surface area contributed by atoms with Crippen LogP contribution in [0.1, 0.15) is 28.6 Å². The van der Waals surface area contributed by atoms with Gasteiger partial charge >= 0.3 is 0 Å². The van der Waals surface area contributed by atoms with Crippen molar-refractivity contribution in [3.8, 4) is 0 Å². The van der Waals surface area contributed by atoms with E-state index in [1.54, 1.807) is 19.2 Å². The maximum Gasteiger partial charge on any atom is 0.266 e. The van der Waals surface area contributed by atoms with E-state index in [-0.39, 0.29) is 12.5 Å². The third kappa shape index (κ3) is 2.50. The number of thiophene rings is 1. The van der Waals surface area contributed by atoms with Crippen molar-refractivity contribution >= 4 is 40.7 Å². The van der Waals surface area contributed by atoms with Crippen LogP contribution in [0.3, 0.4) is 0 Å². The van der Waals surface area contributed by atoms with E-state index in [9.17, 15) is 14.4 Å². The molecule has 0 spiro atoms. The average molecular weight is 301 g/mol. The summed E-state index contributed by atoms with van der Waals surface area (Å²) in [5.74, 6) is -1.26. The van der Waals surface area contributed by atoms with Gasteiger partial charge in [0, 0.05) is 0 Å². The van der Waals surface area contributed by atoms with Crippen LogP contribution in [-0.2, 0) is 9.59 Å². The fourth-order valence-electron chi connectivity index (χ4n) is 1.99. The lowest BCUT2D eigenvalue weighted by Gasteiger charge is -2.33. The fourth-order valence-corrected chi connectivity index (χ4v) is 3.22. The maximum absolute atomic E-state index is 12.4. The first-order chi connectivity index (χ1) is 8.95. The van der Waals surface area contributed by atoms with E-state index in [0.29, 0.717) is 16.3 Å². The predicted molar refractivity (Wildman–Crippen MR) is 72.3 cm³/mol.